The summed E-state index contributed by atoms with van der Waals surface area (Å²) < 4.78 is 14.0. The van der Waals surface area contributed by atoms with Crippen LogP contribution in [-0.2, 0) is 13.1 Å². The zero-order chi connectivity index (χ0) is 15.7. The van der Waals surface area contributed by atoms with Crippen molar-refractivity contribution in [2.45, 2.75) is 19.1 Å². The van der Waals surface area contributed by atoms with Crippen LogP contribution in [0.2, 0.25) is 0 Å². The van der Waals surface area contributed by atoms with Gasteiger partial charge in [-0.3, -0.25) is 4.90 Å². The summed E-state index contributed by atoms with van der Waals surface area (Å²) in [5, 5.41) is 0. The smallest absolute Gasteiger partial charge is 0.128 e. The van der Waals surface area contributed by atoms with Crippen LogP contribution in [-0.4, -0.2) is 25.5 Å². The van der Waals surface area contributed by atoms with Crippen LogP contribution in [0.25, 0.3) is 0 Å². The van der Waals surface area contributed by atoms with E-state index in [2.05, 4.69) is 34.1 Å². The van der Waals surface area contributed by atoms with Crippen molar-refractivity contribution in [3.05, 3.63) is 65.0 Å². The van der Waals surface area contributed by atoms with Crippen LogP contribution >= 0.6 is 0 Å². The summed E-state index contributed by atoms with van der Waals surface area (Å²) in [6, 6.07) is 13.9. The second-order valence-electron chi connectivity index (χ2n) is 6.02. The normalized spacial score (nSPS) is 17.5. The van der Waals surface area contributed by atoms with E-state index < -0.39 is 0 Å². The van der Waals surface area contributed by atoms with Gasteiger partial charge < -0.3 is 10.6 Å². The number of hydrogen-bond acceptors (Lipinski definition) is 3. The maximum Gasteiger partial charge on any atom is 0.128 e. The second-order valence-corrected chi connectivity index (χ2v) is 6.02. The third-order valence-electron chi connectivity index (χ3n) is 4.38. The highest BCUT2D eigenvalue weighted by molar-refractivity contribution is 5.46. The van der Waals surface area contributed by atoms with Crippen molar-refractivity contribution in [2.75, 3.05) is 25.5 Å². The lowest BCUT2D eigenvalue weighted by Gasteiger charge is -2.24. The monoisotopic (exact) mass is 299 g/mol. The van der Waals surface area contributed by atoms with Gasteiger partial charge in [0.25, 0.3) is 0 Å². The van der Waals surface area contributed by atoms with Crippen molar-refractivity contribution in [3.8, 4) is 0 Å². The molecule has 22 heavy (non-hydrogen) atoms. The molecule has 1 atom stereocenters. The molecule has 0 radical (unpaired) electrons. The molecule has 3 nitrogen and oxygen atoms in total. The Hall–Kier alpha value is -1.91. The van der Waals surface area contributed by atoms with Crippen LogP contribution in [0.1, 0.15) is 22.7 Å². The molecule has 3 rings (SSSR count). The fraction of sp³-hybridized carbons (Fsp3) is 0.333. The molecule has 0 aliphatic carbocycles. The minimum absolute atomic E-state index is 0.0965. The average Bonchev–Trinajstić information content (AvgIpc) is 2.86. The molecule has 0 amide bonds. The highest BCUT2D eigenvalue weighted by Gasteiger charge is 2.30. The van der Waals surface area contributed by atoms with Gasteiger partial charge >= 0.3 is 0 Å². The number of halogens is 1. The molecule has 0 fully saturated rings. The first kappa shape index (κ1) is 15.0. The van der Waals surface area contributed by atoms with Gasteiger partial charge in [-0.1, -0.05) is 24.3 Å². The molecule has 2 N–H and O–H groups in total. The number of hydrogen-bond donors (Lipinski definition) is 1. The number of rotatable bonds is 4. The first-order valence-electron chi connectivity index (χ1n) is 7.58. The van der Waals surface area contributed by atoms with Gasteiger partial charge in [0.05, 0.1) is 0 Å². The van der Waals surface area contributed by atoms with Gasteiger partial charge in [0, 0.05) is 51.0 Å². The van der Waals surface area contributed by atoms with E-state index in [1.807, 2.05) is 20.2 Å². The number of nitrogens with zero attached hydrogens (tertiary/aromatic N) is 2. The largest absolute Gasteiger partial charge is 0.378 e. The van der Waals surface area contributed by atoms with Crippen LogP contribution in [0.4, 0.5) is 10.1 Å². The fourth-order valence-corrected chi connectivity index (χ4v) is 3.14. The topological polar surface area (TPSA) is 32.5 Å². The van der Waals surface area contributed by atoms with E-state index >= 15 is 0 Å². The lowest BCUT2D eigenvalue weighted by molar-refractivity contribution is 0.210. The Bertz CT molecular complexity index is 652. The highest BCUT2D eigenvalue weighted by atomic mass is 19.1. The van der Waals surface area contributed by atoms with Crippen LogP contribution in [0, 0.1) is 5.82 Å². The molecule has 0 aromatic heterocycles. The molecular weight excluding hydrogens is 277 g/mol. The predicted molar refractivity (Wildman–Crippen MR) is 88.2 cm³/mol. The molecule has 2 aromatic carbocycles. The third kappa shape index (κ3) is 2.72. The van der Waals surface area contributed by atoms with E-state index in [9.17, 15) is 4.39 Å². The molecule has 0 saturated heterocycles. The number of nitrogens with two attached hydrogens (primary N) is 1. The summed E-state index contributed by atoms with van der Waals surface area (Å²) in [6.45, 7) is 1.91. The molecule has 0 spiro atoms. The van der Waals surface area contributed by atoms with E-state index in [0.29, 0.717) is 13.1 Å². The summed E-state index contributed by atoms with van der Waals surface area (Å²) in [7, 11) is 4.05. The Balaban J connectivity index is 1.80. The first-order chi connectivity index (χ1) is 10.6. The molecule has 4 heteroatoms. The molecule has 116 valence electrons. The Morgan fingerprint density at radius 3 is 2.55 bits per heavy atom. The molecule has 1 heterocycles. The third-order valence-corrected chi connectivity index (χ3v) is 4.38. The molecule has 0 bridgehead atoms. The summed E-state index contributed by atoms with van der Waals surface area (Å²) >= 11 is 0. The lowest BCUT2D eigenvalue weighted by Crippen LogP contribution is -2.27. The van der Waals surface area contributed by atoms with Crippen molar-refractivity contribution < 1.29 is 4.39 Å². The summed E-state index contributed by atoms with van der Waals surface area (Å²) in [5.74, 6) is -0.124. The van der Waals surface area contributed by atoms with E-state index in [1.165, 1.54) is 17.3 Å². The van der Waals surface area contributed by atoms with Crippen LogP contribution in [0.5, 0.6) is 0 Å². The van der Waals surface area contributed by atoms with Gasteiger partial charge in [-0.05, 0) is 29.3 Å². The lowest BCUT2D eigenvalue weighted by atomic mass is 10.0. The van der Waals surface area contributed by atoms with E-state index in [4.69, 9.17) is 5.73 Å². The van der Waals surface area contributed by atoms with Crippen molar-refractivity contribution >= 4 is 5.69 Å². The van der Waals surface area contributed by atoms with Gasteiger partial charge in [0.15, 0.2) is 0 Å². The van der Waals surface area contributed by atoms with E-state index in [1.54, 1.807) is 6.07 Å². The molecule has 1 aliphatic heterocycles. The maximum absolute atomic E-state index is 14.0. The highest BCUT2D eigenvalue weighted by Crippen LogP contribution is 2.35. The number of anilines is 1. The fourth-order valence-electron chi connectivity index (χ4n) is 3.14. The minimum atomic E-state index is -0.124. The summed E-state index contributed by atoms with van der Waals surface area (Å²) in [5.41, 5.74) is 10.2. The SMILES string of the molecule is CN(C)c1ccc(CN2Cc3c(F)cccc3C2CN)cc1. The zero-order valence-electron chi connectivity index (χ0n) is 13.1. The Kier molecular flexibility index (Phi) is 4.14. The maximum atomic E-state index is 14.0. The minimum Gasteiger partial charge on any atom is -0.378 e. The van der Waals surface area contributed by atoms with Gasteiger partial charge in [0.2, 0.25) is 0 Å². The van der Waals surface area contributed by atoms with Gasteiger partial charge in [0.1, 0.15) is 5.82 Å². The molecule has 1 unspecified atom stereocenters. The van der Waals surface area contributed by atoms with Gasteiger partial charge in [-0.25, -0.2) is 4.39 Å². The summed E-state index contributed by atoms with van der Waals surface area (Å²) in [6.07, 6.45) is 0. The van der Waals surface area contributed by atoms with Crippen molar-refractivity contribution in [1.82, 2.24) is 4.90 Å². The molecule has 1 aliphatic rings. The second kappa shape index (κ2) is 6.07. The van der Waals surface area contributed by atoms with Crippen molar-refractivity contribution in [3.63, 3.8) is 0 Å². The zero-order valence-corrected chi connectivity index (χ0v) is 13.1. The van der Waals surface area contributed by atoms with E-state index in [0.717, 1.165) is 17.7 Å². The van der Waals surface area contributed by atoms with Crippen LogP contribution < -0.4 is 10.6 Å². The molecule has 0 saturated carbocycles. The Labute approximate surface area is 131 Å². The standard InChI is InChI=1S/C18H22FN3/c1-21(2)14-8-6-13(7-9-14)11-22-12-16-15(18(22)10-20)4-3-5-17(16)19/h3-9,18H,10-12,20H2,1-2H3. The van der Waals surface area contributed by atoms with E-state index in [-0.39, 0.29) is 11.9 Å². The van der Waals surface area contributed by atoms with Crippen molar-refractivity contribution in [2.24, 2.45) is 5.73 Å². The quantitative estimate of drug-likeness (QED) is 0.942. The number of fused-ring (bicyclic) bond motifs is 1. The van der Waals surface area contributed by atoms with Crippen LogP contribution in [0.15, 0.2) is 42.5 Å². The molecule has 2 aromatic rings. The van der Waals surface area contributed by atoms with Gasteiger partial charge in [-0.2, -0.15) is 0 Å². The van der Waals surface area contributed by atoms with Crippen molar-refractivity contribution in [1.29, 1.82) is 0 Å². The summed E-state index contributed by atoms with van der Waals surface area (Å²) in [4.78, 5) is 4.33. The predicted octanol–water partition coefficient (Wildman–Crippen LogP) is 2.91. The van der Waals surface area contributed by atoms with Crippen LogP contribution in [0.3, 0.4) is 0 Å². The van der Waals surface area contributed by atoms with Gasteiger partial charge in [-0.15, -0.1) is 0 Å². The Morgan fingerprint density at radius 2 is 1.91 bits per heavy atom. The Morgan fingerprint density at radius 1 is 1.18 bits per heavy atom. The molecular formula is C18H22FN3. The average molecular weight is 299 g/mol. The number of benzene rings is 2. The first-order valence-corrected chi connectivity index (χ1v) is 7.58.